The van der Waals surface area contributed by atoms with Crippen LogP contribution in [-0.2, 0) is 4.79 Å². The Morgan fingerprint density at radius 2 is 1.48 bits per heavy atom. The van der Waals surface area contributed by atoms with Crippen molar-refractivity contribution in [3.63, 3.8) is 0 Å². The van der Waals surface area contributed by atoms with Crippen molar-refractivity contribution in [1.29, 1.82) is 0 Å². The van der Waals surface area contributed by atoms with Gasteiger partial charge < -0.3 is 10.4 Å². The summed E-state index contributed by atoms with van der Waals surface area (Å²) in [7, 11) is 0. The Kier molecular flexibility index (Phi) is 5.57. The molecule has 2 N–H and O–H groups in total. The van der Waals surface area contributed by atoms with Crippen molar-refractivity contribution in [3.05, 3.63) is 69.8 Å². The van der Waals surface area contributed by atoms with Crippen LogP contribution in [0.1, 0.15) is 33.6 Å². The Morgan fingerprint density at radius 1 is 0.920 bits per heavy atom. The van der Waals surface area contributed by atoms with Crippen LogP contribution in [0.3, 0.4) is 0 Å². The van der Waals surface area contributed by atoms with E-state index in [0.717, 1.165) is 0 Å². The Hall–Kier alpha value is -3.55. The van der Waals surface area contributed by atoms with E-state index in [0.29, 0.717) is 11.3 Å². The molecule has 0 saturated carbocycles. The van der Waals surface area contributed by atoms with Gasteiger partial charge in [-0.2, -0.15) is 0 Å². The first kappa shape index (κ1) is 17.8. The molecule has 128 valence electrons. The van der Waals surface area contributed by atoms with E-state index in [9.17, 15) is 24.5 Å². The SMILES string of the molecule is O=C(CCC(=O)c1ccc([N+](=O)[O-])cc1)Nc1ccc(C(=O)O)cc1. The number of nitro benzene ring substituents is 1. The lowest BCUT2D eigenvalue weighted by atomic mass is 10.1. The summed E-state index contributed by atoms with van der Waals surface area (Å²) >= 11 is 0. The summed E-state index contributed by atoms with van der Waals surface area (Å²) in [5, 5.41) is 21.9. The Bertz CT molecular complexity index is 812. The average molecular weight is 342 g/mol. The van der Waals surface area contributed by atoms with E-state index < -0.39 is 16.8 Å². The standard InChI is InChI=1S/C17H14N2O6/c20-15(11-3-7-14(8-4-11)19(24)25)9-10-16(21)18-13-5-1-12(2-6-13)17(22)23/h1-8H,9-10H2,(H,18,21)(H,22,23). The monoisotopic (exact) mass is 342 g/mol. The molecule has 2 aromatic carbocycles. The van der Waals surface area contributed by atoms with Crippen LogP contribution in [0.4, 0.5) is 11.4 Å². The number of anilines is 1. The van der Waals surface area contributed by atoms with Gasteiger partial charge in [0.05, 0.1) is 10.5 Å². The molecule has 0 atom stereocenters. The summed E-state index contributed by atoms with van der Waals surface area (Å²) in [6, 6.07) is 10.8. The first-order valence-corrected chi connectivity index (χ1v) is 7.27. The minimum Gasteiger partial charge on any atom is -0.478 e. The van der Waals surface area contributed by atoms with Gasteiger partial charge in [0.25, 0.3) is 5.69 Å². The molecule has 8 nitrogen and oxygen atoms in total. The van der Waals surface area contributed by atoms with Crippen LogP contribution < -0.4 is 5.32 Å². The Balaban J connectivity index is 1.87. The number of carbonyl (C=O) groups excluding carboxylic acids is 2. The summed E-state index contributed by atoms with van der Waals surface area (Å²) in [5.41, 5.74) is 0.715. The van der Waals surface area contributed by atoms with Gasteiger partial charge in [0.1, 0.15) is 0 Å². The van der Waals surface area contributed by atoms with Crippen molar-refractivity contribution in [2.24, 2.45) is 0 Å². The van der Waals surface area contributed by atoms with Crippen LogP contribution >= 0.6 is 0 Å². The number of Topliss-reactive ketones (excluding diaryl/α,β-unsaturated/α-hetero) is 1. The number of carboxylic acids is 1. The molecule has 0 aliphatic rings. The molecule has 0 heterocycles. The number of ketones is 1. The number of hydrogen-bond donors (Lipinski definition) is 2. The molecule has 0 aliphatic heterocycles. The fraction of sp³-hybridized carbons (Fsp3) is 0.118. The highest BCUT2D eigenvalue weighted by Crippen LogP contribution is 2.14. The number of benzene rings is 2. The number of amides is 1. The van der Waals surface area contributed by atoms with Crippen molar-refractivity contribution in [2.45, 2.75) is 12.8 Å². The lowest BCUT2D eigenvalue weighted by molar-refractivity contribution is -0.384. The molecule has 8 heteroatoms. The summed E-state index contributed by atoms with van der Waals surface area (Å²) in [6.07, 6.45) is -0.104. The molecule has 0 aliphatic carbocycles. The lowest BCUT2D eigenvalue weighted by Crippen LogP contribution is -2.13. The van der Waals surface area contributed by atoms with Crippen LogP contribution in [0, 0.1) is 10.1 Å². The number of nitro groups is 1. The number of hydrogen-bond acceptors (Lipinski definition) is 5. The minimum absolute atomic E-state index is 0.0448. The maximum atomic E-state index is 12.0. The van der Waals surface area contributed by atoms with E-state index in [2.05, 4.69) is 5.32 Å². The quantitative estimate of drug-likeness (QED) is 0.452. The first-order valence-electron chi connectivity index (χ1n) is 7.27. The highest BCUT2D eigenvalue weighted by atomic mass is 16.6. The van der Waals surface area contributed by atoms with Crippen LogP contribution in [-0.4, -0.2) is 27.7 Å². The van der Waals surface area contributed by atoms with Crippen molar-refractivity contribution < 1.29 is 24.4 Å². The number of nitrogens with one attached hydrogen (secondary N) is 1. The van der Waals surface area contributed by atoms with Gasteiger partial charge in [0, 0.05) is 36.2 Å². The predicted molar refractivity (Wildman–Crippen MR) is 88.7 cm³/mol. The Morgan fingerprint density at radius 3 is 2.00 bits per heavy atom. The number of nitrogens with zero attached hydrogens (tertiary/aromatic N) is 1. The zero-order valence-electron chi connectivity index (χ0n) is 13.0. The van der Waals surface area contributed by atoms with Gasteiger partial charge >= 0.3 is 5.97 Å². The second-order valence-electron chi connectivity index (χ2n) is 5.16. The molecule has 0 spiro atoms. The number of non-ortho nitro benzene ring substituents is 1. The average Bonchev–Trinajstić information content (AvgIpc) is 2.60. The second kappa shape index (κ2) is 7.82. The van der Waals surface area contributed by atoms with Gasteiger partial charge in [-0.1, -0.05) is 0 Å². The number of carbonyl (C=O) groups is 3. The van der Waals surface area contributed by atoms with E-state index in [1.165, 1.54) is 48.5 Å². The van der Waals surface area contributed by atoms with Gasteiger partial charge in [-0.25, -0.2) is 4.79 Å². The second-order valence-corrected chi connectivity index (χ2v) is 5.16. The third-order valence-electron chi connectivity index (χ3n) is 3.39. The summed E-state index contributed by atoms with van der Waals surface area (Å²) in [4.78, 5) is 44.6. The van der Waals surface area contributed by atoms with E-state index in [1.54, 1.807) is 0 Å². The van der Waals surface area contributed by atoms with Gasteiger partial charge in [0.2, 0.25) is 5.91 Å². The summed E-state index contributed by atoms with van der Waals surface area (Å²) < 4.78 is 0. The fourth-order valence-corrected chi connectivity index (χ4v) is 2.06. The van der Waals surface area contributed by atoms with Gasteiger partial charge in [-0.15, -0.1) is 0 Å². The van der Waals surface area contributed by atoms with Crippen LogP contribution in [0.25, 0.3) is 0 Å². The molecule has 0 bridgehead atoms. The molecular weight excluding hydrogens is 328 g/mol. The maximum absolute atomic E-state index is 12.0. The van der Waals surface area contributed by atoms with Crippen LogP contribution in [0.5, 0.6) is 0 Å². The van der Waals surface area contributed by atoms with Crippen molar-refractivity contribution in [2.75, 3.05) is 5.32 Å². The Labute approximate surface area is 142 Å². The number of carboxylic acid groups (broad SMARTS) is 1. The van der Waals surface area contributed by atoms with E-state index in [4.69, 9.17) is 5.11 Å². The molecule has 2 aromatic rings. The molecule has 0 unspecified atom stereocenters. The fourth-order valence-electron chi connectivity index (χ4n) is 2.06. The molecule has 2 rings (SSSR count). The summed E-state index contributed by atoms with van der Waals surface area (Å²) in [5.74, 6) is -1.75. The normalized spacial score (nSPS) is 10.1. The maximum Gasteiger partial charge on any atom is 0.335 e. The smallest absolute Gasteiger partial charge is 0.335 e. The summed E-state index contributed by atoms with van der Waals surface area (Å²) in [6.45, 7) is 0. The first-order chi connectivity index (χ1) is 11.9. The van der Waals surface area contributed by atoms with Crippen molar-refractivity contribution in [1.82, 2.24) is 0 Å². The van der Waals surface area contributed by atoms with Crippen molar-refractivity contribution >= 4 is 29.0 Å². The molecule has 0 saturated heterocycles. The highest BCUT2D eigenvalue weighted by Gasteiger charge is 2.12. The number of rotatable bonds is 7. The molecule has 0 fully saturated rings. The molecule has 0 radical (unpaired) electrons. The topological polar surface area (TPSA) is 127 Å². The molecule has 0 aromatic heterocycles. The van der Waals surface area contributed by atoms with E-state index in [-0.39, 0.29) is 29.9 Å². The van der Waals surface area contributed by atoms with E-state index in [1.807, 2.05) is 0 Å². The zero-order valence-corrected chi connectivity index (χ0v) is 13.0. The van der Waals surface area contributed by atoms with Crippen LogP contribution in [0.15, 0.2) is 48.5 Å². The predicted octanol–water partition coefficient (Wildman–Crippen LogP) is 2.89. The molecular formula is C17H14N2O6. The highest BCUT2D eigenvalue weighted by molar-refractivity contribution is 6.00. The van der Waals surface area contributed by atoms with Crippen LogP contribution in [0.2, 0.25) is 0 Å². The van der Waals surface area contributed by atoms with Gasteiger partial charge in [-0.05, 0) is 36.4 Å². The third-order valence-corrected chi connectivity index (χ3v) is 3.39. The molecule has 1 amide bonds. The number of aromatic carboxylic acids is 1. The van der Waals surface area contributed by atoms with E-state index >= 15 is 0 Å². The van der Waals surface area contributed by atoms with Gasteiger partial charge in [-0.3, -0.25) is 19.7 Å². The largest absolute Gasteiger partial charge is 0.478 e. The van der Waals surface area contributed by atoms with Gasteiger partial charge in [0.15, 0.2) is 5.78 Å². The molecule has 25 heavy (non-hydrogen) atoms. The zero-order chi connectivity index (χ0) is 18.4. The third kappa shape index (κ3) is 4.96. The minimum atomic E-state index is -1.06. The lowest BCUT2D eigenvalue weighted by Gasteiger charge is -2.05. The van der Waals surface area contributed by atoms with Crippen molar-refractivity contribution in [3.8, 4) is 0 Å².